The van der Waals surface area contributed by atoms with Crippen molar-refractivity contribution in [1.29, 1.82) is 0 Å². The molecule has 2 aromatic rings. The van der Waals surface area contributed by atoms with Crippen LogP contribution in [0, 0.1) is 6.92 Å². The minimum atomic E-state index is -0.524. The Hall–Kier alpha value is -2.13. The molecule has 2 aromatic carbocycles. The molecule has 0 fully saturated rings. The van der Waals surface area contributed by atoms with Crippen molar-refractivity contribution in [3.8, 4) is 0 Å². The molecule has 0 aliphatic carbocycles. The molecule has 3 heteroatoms. The SMILES string of the molecule is Cc1ccc(N(C)C(=O)[C@@H](N)Cc2ccccc2)cc1. The van der Waals surface area contributed by atoms with Crippen LogP contribution in [0.4, 0.5) is 5.69 Å². The highest BCUT2D eigenvalue weighted by molar-refractivity contribution is 5.96. The zero-order valence-electron chi connectivity index (χ0n) is 11.9. The molecule has 104 valence electrons. The zero-order chi connectivity index (χ0) is 14.5. The Morgan fingerprint density at radius 1 is 1.10 bits per heavy atom. The number of nitrogens with zero attached hydrogens (tertiary/aromatic N) is 1. The van der Waals surface area contributed by atoms with Crippen LogP contribution in [-0.2, 0) is 11.2 Å². The van der Waals surface area contributed by atoms with E-state index in [4.69, 9.17) is 5.73 Å². The van der Waals surface area contributed by atoms with Crippen molar-refractivity contribution in [3.05, 3.63) is 65.7 Å². The quantitative estimate of drug-likeness (QED) is 0.926. The van der Waals surface area contributed by atoms with E-state index in [1.807, 2.05) is 61.5 Å². The Kier molecular flexibility index (Phi) is 4.53. The second kappa shape index (κ2) is 6.35. The Morgan fingerprint density at radius 2 is 1.70 bits per heavy atom. The first-order chi connectivity index (χ1) is 9.58. The summed E-state index contributed by atoms with van der Waals surface area (Å²) in [6, 6.07) is 17.2. The van der Waals surface area contributed by atoms with Crippen LogP contribution in [0.5, 0.6) is 0 Å². The van der Waals surface area contributed by atoms with Gasteiger partial charge in [0.2, 0.25) is 5.91 Å². The van der Waals surface area contributed by atoms with Gasteiger partial charge < -0.3 is 10.6 Å². The second-order valence-electron chi connectivity index (χ2n) is 5.03. The van der Waals surface area contributed by atoms with Crippen LogP contribution < -0.4 is 10.6 Å². The molecule has 0 saturated carbocycles. The van der Waals surface area contributed by atoms with Crippen LogP contribution in [0.25, 0.3) is 0 Å². The minimum absolute atomic E-state index is 0.0716. The summed E-state index contributed by atoms with van der Waals surface area (Å²) in [5, 5.41) is 0. The summed E-state index contributed by atoms with van der Waals surface area (Å²) in [6.45, 7) is 2.02. The van der Waals surface area contributed by atoms with Gasteiger partial charge in [-0.2, -0.15) is 0 Å². The molecule has 0 saturated heterocycles. The van der Waals surface area contributed by atoms with Gasteiger partial charge >= 0.3 is 0 Å². The number of amides is 1. The third kappa shape index (κ3) is 3.45. The summed E-state index contributed by atoms with van der Waals surface area (Å²) in [7, 11) is 1.76. The number of anilines is 1. The molecule has 0 heterocycles. The average molecular weight is 268 g/mol. The summed E-state index contributed by atoms with van der Waals surface area (Å²) in [5.74, 6) is -0.0716. The van der Waals surface area contributed by atoms with E-state index >= 15 is 0 Å². The molecule has 0 unspecified atom stereocenters. The highest BCUT2D eigenvalue weighted by Crippen LogP contribution is 2.15. The van der Waals surface area contributed by atoms with Gasteiger partial charge in [-0.15, -0.1) is 0 Å². The Labute approximate surface area is 120 Å². The van der Waals surface area contributed by atoms with E-state index in [1.165, 1.54) is 5.56 Å². The van der Waals surface area contributed by atoms with Gasteiger partial charge in [0.25, 0.3) is 0 Å². The van der Waals surface area contributed by atoms with Crippen molar-refractivity contribution in [2.75, 3.05) is 11.9 Å². The van der Waals surface area contributed by atoms with Crippen LogP contribution in [-0.4, -0.2) is 19.0 Å². The standard InChI is InChI=1S/C17H20N2O/c1-13-8-10-15(11-9-13)19(2)17(20)16(18)12-14-6-4-3-5-7-14/h3-11,16H,12,18H2,1-2H3/t16-/m0/s1. The van der Waals surface area contributed by atoms with Gasteiger partial charge in [0.1, 0.15) is 0 Å². The topological polar surface area (TPSA) is 46.3 Å². The Morgan fingerprint density at radius 3 is 2.30 bits per heavy atom. The van der Waals surface area contributed by atoms with Gasteiger partial charge in [0.05, 0.1) is 6.04 Å². The monoisotopic (exact) mass is 268 g/mol. The fourth-order valence-corrected chi connectivity index (χ4v) is 2.10. The lowest BCUT2D eigenvalue weighted by atomic mass is 10.1. The normalized spacial score (nSPS) is 11.9. The van der Waals surface area contributed by atoms with Crippen LogP contribution in [0.3, 0.4) is 0 Å². The van der Waals surface area contributed by atoms with E-state index in [0.29, 0.717) is 6.42 Å². The molecular weight excluding hydrogens is 248 g/mol. The van der Waals surface area contributed by atoms with E-state index in [9.17, 15) is 4.79 Å². The van der Waals surface area contributed by atoms with Gasteiger partial charge in [-0.3, -0.25) is 4.79 Å². The minimum Gasteiger partial charge on any atom is -0.320 e. The Balaban J connectivity index is 2.04. The predicted octanol–water partition coefficient (Wildman–Crippen LogP) is 2.53. The van der Waals surface area contributed by atoms with Crippen molar-refractivity contribution < 1.29 is 4.79 Å². The van der Waals surface area contributed by atoms with Crippen molar-refractivity contribution in [1.82, 2.24) is 0 Å². The lowest BCUT2D eigenvalue weighted by molar-refractivity contribution is -0.119. The number of rotatable bonds is 4. The fraction of sp³-hybridized carbons (Fsp3) is 0.235. The number of carbonyl (C=O) groups is 1. The van der Waals surface area contributed by atoms with Gasteiger partial charge in [0, 0.05) is 12.7 Å². The molecule has 0 aliphatic heterocycles. The van der Waals surface area contributed by atoms with E-state index in [1.54, 1.807) is 11.9 Å². The molecule has 2 N–H and O–H groups in total. The van der Waals surface area contributed by atoms with E-state index in [2.05, 4.69) is 0 Å². The number of likely N-dealkylation sites (N-methyl/N-ethyl adjacent to an activating group) is 1. The highest BCUT2D eigenvalue weighted by atomic mass is 16.2. The van der Waals surface area contributed by atoms with Crippen LogP contribution in [0.1, 0.15) is 11.1 Å². The number of aryl methyl sites for hydroxylation is 1. The molecule has 1 atom stereocenters. The van der Waals surface area contributed by atoms with Gasteiger partial charge in [-0.1, -0.05) is 48.0 Å². The molecular formula is C17H20N2O. The summed E-state index contributed by atoms with van der Waals surface area (Å²) in [6.07, 6.45) is 0.551. The lowest BCUT2D eigenvalue weighted by Crippen LogP contribution is -2.43. The molecule has 0 spiro atoms. The van der Waals surface area contributed by atoms with Crippen molar-refractivity contribution in [2.45, 2.75) is 19.4 Å². The van der Waals surface area contributed by atoms with Crippen LogP contribution in [0.2, 0.25) is 0 Å². The summed E-state index contributed by atoms with van der Waals surface area (Å²) in [5.41, 5.74) is 9.14. The van der Waals surface area contributed by atoms with Crippen molar-refractivity contribution >= 4 is 11.6 Å². The number of nitrogens with two attached hydrogens (primary N) is 1. The number of hydrogen-bond acceptors (Lipinski definition) is 2. The molecule has 0 aromatic heterocycles. The maximum Gasteiger partial charge on any atom is 0.243 e. The highest BCUT2D eigenvalue weighted by Gasteiger charge is 2.19. The largest absolute Gasteiger partial charge is 0.320 e. The average Bonchev–Trinajstić information content (AvgIpc) is 2.47. The summed E-state index contributed by atoms with van der Waals surface area (Å²) in [4.78, 5) is 14.0. The first-order valence-corrected chi connectivity index (χ1v) is 6.71. The first-order valence-electron chi connectivity index (χ1n) is 6.71. The molecule has 0 aliphatic rings. The van der Waals surface area contributed by atoms with Crippen molar-refractivity contribution in [3.63, 3.8) is 0 Å². The van der Waals surface area contributed by atoms with Gasteiger partial charge in [-0.05, 0) is 31.0 Å². The second-order valence-corrected chi connectivity index (χ2v) is 5.03. The molecule has 20 heavy (non-hydrogen) atoms. The molecule has 3 nitrogen and oxygen atoms in total. The number of hydrogen-bond donors (Lipinski definition) is 1. The van der Waals surface area contributed by atoms with E-state index in [-0.39, 0.29) is 5.91 Å². The smallest absolute Gasteiger partial charge is 0.243 e. The summed E-state index contributed by atoms with van der Waals surface area (Å²) < 4.78 is 0. The van der Waals surface area contributed by atoms with E-state index in [0.717, 1.165) is 11.3 Å². The third-order valence-electron chi connectivity index (χ3n) is 3.37. The molecule has 0 bridgehead atoms. The molecule has 1 amide bonds. The van der Waals surface area contributed by atoms with Gasteiger partial charge in [-0.25, -0.2) is 0 Å². The fourth-order valence-electron chi connectivity index (χ4n) is 2.10. The zero-order valence-corrected chi connectivity index (χ0v) is 11.9. The lowest BCUT2D eigenvalue weighted by Gasteiger charge is -2.21. The third-order valence-corrected chi connectivity index (χ3v) is 3.37. The van der Waals surface area contributed by atoms with Gasteiger partial charge in [0.15, 0.2) is 0 Å². The maximum absolute atomic E-state index is 12.3. The molecule has 2 rings (SSSR count). The summed E-state index contributed by atoms with van der Waals surface area (Å²) >= 11 is 0. The maximum atomic E-state index is 12.3. The van der Waals surface area contributed by atoms with Crippen LogP contribution >= 0.6 is 0 Å². The number of carbonyl (C=O) groups excluding carboxylic acids is 1. The number of benzene rings is 2. The van der Waals surface area contributed by atoms with Crippen molar-refractivity contribution in [2.24, 2.45) is 5.73 Å². The first kappa shape index (κ1) is 14.3. The van der Waals surface area contributed by atoms with E-state index < -0.39 is 6.04 Å². The molecule has 0 radical (unpaired) electrons. The predicted molar refractivity (Wildman–Crippen MR) is 82.7 cm³/mol. The van der Waals surface area contributed by atoms with Crippen LogP contribution in [0.15, 0.2) is 54.6 Å². The Bertz CT molecular complexity index is 563.